The first-order valence-electron chi connectivity index (χ1n) is 9.95. The zero-order valence-electron chi connectivity index (χ0n) is 17.9. The van der Waals surface area contributed by atoms with Crippen molar-refractivity contribution >= 4 is 21.6 Å². The predicted octanol–water partition coefficient (Wildman–Crippen LogP) is 4.33. The van der Waals surface area contributed by atoms with Gasteiger partial charge in [0.25, 0.3) is 0 Å². The van der Waals surface area contributed by atoms with Gasteiger partial charge in [0.1, 0.15) is 6.04 Å². The van der Waals surface area contributed by atoms with Gasteiger partial charge in [0.05, 0.1) is 18.0 Å². The first kappa shape index (κ1) is 23.4. The highest BCUT2D eigenvalue weighted by atomic mass is 32.2. The summed E-state index contributed by atoms with van der Waals surface area (Å²) in [7, 11) is -3.98. The molecule has 0 aromatic heterocycles. The Kier molecular flexibility index (Phi) is 6.93. The van der Waals surface area contributed by atoms with Gasteiger partial charge in [0.2, 0.25) is 15.9 Å². The molecule has 3 aromatic rings. The van der Waals surface area contributed by atoms with E-state index in [9.17, 15) is 22.0 Å². The molecule has 1 N–H and O–H groups in total. The van der Waals surface area contributed by atoms with E-state index in [0.717, 1.165) is 45.5 Å². The Morgan fingerprint density at radius 1 is 0.938 bits per heavy atom. The second-order valence-corrected chi connectivity index (χ2v) is 9.40. The standard InChI is InChI=1S/C24H24F2N2O3S/c1-16-9-7-8-12-20(16)23(18-10-5-4-6-11-18)27-24(29)17(2)28(32(3,30)31)19-13-14-21(25)22(26)15-19/h4-15,17,23H,1-3H3,(H,27,29)/t17-,23-/m0/s1. The van der Waals surface area contributed by atoms with Crippen molar-refractivity contribution < 1.29 is 22.0 Å². The molecule has 5 nitrogen and oxygen atoms in total. The van der Waals surface area contributed by atoms with E-state index in [4.69, 9.17) is 0 Å². The van der Waals surface area contributed by atoms with E-state index in [1.165, 1.54) is 6.92 Å². The Hall–Kier alpha value is -3.26. The summed E-state index contributed by atoms with van der Waals surface area (Å²) in [6.45, 7) is 3.32. The summed E-state index contributed by atoms with van der Waals surface area (Å²) in [6.07, 6.45) is 0.911. The maximum Gasteiger partial charge on any atom is 0.244 e. The first-order valence-corrected chi connectivity index (χ1v) is 11.8. The van der Waals surface area contributed by atoms with Crippen LogP contribution in [-0.2, 0) is 14.8 Å². The number of aryl methyl sites for hydroxylation is 1. The Labute approximate surface area is 186 Å². The van der Waals surface area contributed by atoms with Gasteiger partial charge < -0.3 is 5.32 Å². The Morgan fingerprint density at radius 2 is 1.56 bits per heavy atom. The first-order chi connectivity index (χ1) is 15.1. The van der Waals surface area contributed by atoms with E-state index in [1.54, 1.807) is 0 Å². The van der Waals surface area contributed by atoms with Gasteiger partial charge in [-0.1, -0.05) is 54.6 Å². The van der Waals surface area contributed by atoms with Gasteiger partial charge in [-0.3, -0.25) is 9.10 Å². The van der Waals surface area contributed by atoms with Crippen LogP contribution in [0.25, 0.3) is 0 Å². The van der Waals surface area contributed by atoms with Crippen LogP contribution < -0.4 is 9.62 Å². The normalized spacial score (nSPS) is 13.3. The maximum absolute atomic E-state index is 13.8. The summed E-state index contributed by atoms with van der Waals surface area (Å²) in [5.41, 5.74) is 2.50. The molecule has 1 amide bonds. The van der Waals surface area contributed by atoms with E-state index in [-0.39, 0.29) is 5.69 Å². The van der Waals surface area contributed by atoms with Crippen molar-refractivity contribution in [1.82, 2.24) is 5.32 Å². The van der Waals surface area contributed by atoms with Gasteiger partial charge in [-0.25, -0.2) is 17.2 Å². The molecule has 2 atom stereocenters. The minimum absolute atomic E-state index is 0.138. The van der Waals surface area contributed by atoms with Gasteiger partial charge >= 0.3 is 0 Å². The summed E-state index contributed by atoms with van der Waals surface area (Å²) < 4.78 is 52.9. The third-order valence-electron chi connectivity index (χ3n) is 5.17. The quantitative estimate of drug-likeness (QED) is 0.573. The number of carbonyl (C=O) groups excluding carboxylic acids is 1. The molecule has 3 rings (SSSR count). The number of hydrogen-bond donors (Lipinski definition) is 1. The molecule has 0 radical (unpaired) electrons. The lowest BCUT2D eigenvalue weighted by Crippen LogP contribution is -2.48. The van der Waals surface area contributed by atoms with Crippen LogP contribution >= 0.6 is 0 Å². The zero-order chi connectivity index (χ0) is 23.5. The highest BCUT2D eigenvalue weighted by Gasteiger charge is 2.31. The van der Waals surface area contributed by atoms with Gasteiger partial charge in [0, 0.05) is 6.07 Å². The summed E-state index contributed by atoms with van der Waals surface area (Å²) in [5.74, 6) is -2.90. The second-order valence-electron chi connectivity index (χ2n) is 7.54. The maximum atomic E-state index is 13.8. The number of hydrogen-bond acceptors (Lipinski definition) is 3. The average Bonchev–Trinajstić information content (AvgIpc) is 2.74. The molecule has 32 heavy (non-hydrogen) atoms. The molecule has 0 unspecified atom stereocenters. The van der Waals surface area contributed by atoms with E-state index in [1.807, 2.05) is 61.5 Å². The molecule has 0 heterocycles. The molecule has 8 heteroatoms. The predicted molar refractivity (Wildman–Crippen MR) is 121 cm³/mol. The molecule has 168 valence electrons. The molecular weight excluding hydrogens is 434 g/mol. The van der Waals surface area contributed by atoms with Gasteiger partial charge in [-0.15, -0.1) is 0 Å². The largest absolute Gasteiger partial charge is 0.343 e. The lowest BCUT2D eigenvalue weighted by atomic mass is 9.94. The SMILES string of the molecule is Cc1ccccc1[C@@H](NC(=O)[C@H](C)N(c1ccc(F)c(F)c1)S(C)(=O)=O)c1ccccc1. The Morgan fingerprint density at radius 3 is 2.16 bits per heavy atom. The van der Waals surface area contributed by atoms with Crippen LogP contribution in [0.15, 0.2) is 72.8 Å². The highest BCUT2D eigenvalue weighted by Crippen LogP contribution is 2.27. The number of amides is 1. The third kappa shape index (κ3) is 5.13. The van der Waals surface area contributed by atoms with E-state index in [0.29, 0.717) is 0 Å². The van der Waals surface area contributed by atoms with Crippen molar-refractivity contribution in [2.45, 2.75) is 25.9 Å². The number of nitrogens with zero attached hydrogens (tertiary/aromatic N) is 1. The molecule has 0 aliphatic rings. The molecular formula is C24H24F2N2O3S. The molecule has 0 bridgehead atoms. The fourth-order valence-corrected chi connectivity index (χ4v) is 4.76. The smallest absolute Gasteiger partial charge is 0.244 e. The van der Waals surface area contributed by atoms with Gasteiger partial charge in [-0.05, 0) is 42.7 Å². The van der Waals surface area contributed by atoms with Crippen LogP contribution in [0.3, 0.4) is 0 Å². The fourth-order valence-electron chi connectivity index (χ4n) is 3.59. The van der Waals surface area contributed by atoms with Crippen LogP contribution in [0.4, 0.5) is 14.5 Å². The molecule has 0 spiro atoms. The monoisotopic (exact) mass is 458 g/mol. The highest BCUT2D eigenvalue weighted by molar-refractivity contribution is 7.92. The van der Waals surface area contributed by atoms with E-state index >= 15 is 0 Å². The van der Waals surface area contributed by atoms with Crippen LogP contribution in [0.1, 0.15) is 29.7 Å². The van der Waals surface area contributed by atoms with Crippen molar-refractivity contribution in [2.75, 3.05) is 10.6 Å². The summed E-state index contributed by atoms with van der Waals surface area (Å²) >= 11 is 0. The lowest BCUT2D eigenvalue weighted by molar-refractivity contribution is -0.122. The molecule has 0 fully saturated rings. The number of halogens is 2. The fraction of sp³-hybridized carbons (Fsp3) is 0.208. The second kappa shape index (κ2) is 9.48. The van der Waals surface area contributed by atoms with Crippen molar-refractivity contribution in [3.63, 3.8) is 0 Å². The molecule has 0 saturated heterocycles. The van der Waals surface area contributed by atoms with Crippen LogP contribution in [0, 0.1) is 18.6 Å². The van der Waals surface area contributed by atoms with Crippen molar-refractivity contribution in [2.24, 2.45) is 0 Å². The number of benzene rings is 3. The molecule has 3 aromatic carbocycles. The minimum atomic E-state index is -3.98. The van der Waals surface area contributed by atoms with E-state index in [2.05, 4.69) is 5.32 Å². The third-order valence-corrected chi connectivity index (χ3v) is 6.41. The number of nitrogens with one attached hydrogen (secondary N) is 1. The van der Waals surface area contributed by atoms with Gasteiger partial charge in [-0.2, -0.15) is 0 Å². The van der Waals surface area contributed by atoms with E-state index < -0.39 is 39.6 Å². The van der Waals surface area contributed by atoms with Crippen LogP contribution in [0.2, 0.25) is 0 Å². The molecule has 0 aliphatic carbocycles. The van der Waals surface area contributed by atoms with Crippen molar-refractivity contribution in [3.05, 3.63) is 101 Å². The number of sulfonamides is 1. The Bertz CT molecular complexity index is 1220. The Balaban J connectivity index is 1.98. The number of anilines is 1. The average molecular weight is 459 g/mol. The van der Waals surface area contributed by atoms with Crippen LogP contribution in [-0.4, -0.2) is 26.6 Å². The lowest BCUT2D eigenvalue weighted by Gasteiger charge is -2.30. The minimum Gasteiger partial charge on any atom is -0.343 e. The van der Waals surface area contributed by atoms with Crippen molar-refractivity contribution in [1.29, 1.82) is 0 Å². The molecule has 0 saturated carbocycles. The van der Waals surface area contributed by atoms with Gasteiger partial charge in [0.15, 0.2) is 11.6 Å². The summed E-state index contributed by atoms with van der Waals surface area (Å²) in [5, 5.41) is 2.93. The topological polar surface area (TPSA) is 66.5 Å². The molecule has 0 aliphatic heterocycles. The number of carbonyl (C=O) groups is 1. The summed E-state index contributed by atoms with van der Waals surface area (Å²) in [4.78, 5) is 13.2. The zero-order valence-corrected chi connectivity index (χ0v) is 18.7. The summed E-state index contributed by atoms with van der Waals surface area (Å²) in [6, 6.07) is 17.8. The number of rotatable bonds is 7. The van der Waals surface area contributed by atoms with Crippen LogP contribution in [0.5, 0.6) is 0 Å². The van der Waals surface area contributed by atoms with Crippen molar-refractivity contribution in [3.8, 4) is 0 Å².